The van der Waals surface area contributed by atoms with Gasteiger partial charge in [-0.25, -0.2) is 4.79 Å². The number of fused-ring (bicyclic) bond motifs is 2. The molecule has 1 saturated heterocycles. The quantitative estimate of drug-likeness (QED) is 0.841. The number of hydrogen-bond acceptors (Lipinski definition) is 3. The summed E-state index contributed by atoms with van der Waals surface area (Å²) in [5.74, 6) is -0.513. The molecule has 1 aromatic carbocycles. The van der Waals surface area contributed by atoms with Crippen LogP contribution in [0.3, 0.4) is 0 Å². The van der Waals surface area contributed by atoms with E-state index < -0.39 is 11.9 Å². The number of amides is 3. The van der Waals surface area contributed by atoms with Crippen LogP contribution in [0.15, 0.2) is 42.0 Å². The highest BCUT2D eigenvalue weighted by Crippen LogP contribution is 2.29. The van der Waals surface area contributed by atoms with Crippen molar-refractivity contribution in [3.05, 3.63) is 47.5 Å². The van der Waals surface area contributed by atoms with Gasteiger partial charge in [0.05, 0.1) is 12.6 Å². The molecule has 2 bridgehead atoms. The zero-order valence-electron chi connectivity index (χ0n) is 11.7. The fourth-order valence-corrected chi connectivity index (χ4v) is 2.85. The second-order valence-corrected chi connectivity index (χ2v) is 5.30. The van der Waals surface area contributed by atoms with Gasteiger partial charge in [-0.2, -0.15) is 5.06 Å². The van der Waals surface area contributed by atoms with E-state index in [-0.39, 0.29) is 12.1 Å². The van der Waals surface area contributed by atoms with Crippen molar-refractivity contribution in [3.63, 3.8) is 0 Å². The fraction of sp³-hybridized carbons (Fsp3) is 0.333. The monoisotopic (exact) mass is 287 g/mol. The van der Waals surface area contributed by atoms with E-state index in [0.717, 1.165) is 11.1 Å². The maximum atomic E-state index is 12.4. The van der Waals surface area contributed by atoms with E-state index in [9.17, 15) is 9.59 Å². The minimum Gasteiger partial charge on any atom is -0.368 e. The van der Waals surface area contributed by atoms with E-state index >= 15 is 0 Å². The van der Waals surface area contributed by atoms with Crippen molar-refractivity contribution in [1.29, 1.82) is 0 Å². The zero-order valence-corrected chi connectivity index (χ0v) is 11.7. The third-order valence-corrected chi connectivity index (χ3v) is 3.80. The number of nitrogens with two attached hydrogens (primary N) is 1. The van der Waals surface area contributed by atoms with E-state index in [1.165, 1.54) is 9.96 Å². The van der Waals surface area contributed by atoms with Gasteiger partial charge in [0, 0.05) is 0 Å². The maximum absolute atomic E-state index is 12.4. The molecule has 1 aromatic rings. The fourth-order valence-electron chi connectivity index (χ4n) is 2.85. The summed E-state index contributed by atoms with van der Waals surface area (Å²) in [5, 5.41) is 1.33. The Labute approximate surface area is 122 Å². The molecule has 0 radical (unpaired) electrons. The highest BCUT2D eigenvalue weighted by atomic mass is 16.7. The first-order valence-electron chi connectivity index (χ1n) is 6.82. The summed E-state index contributed by atoms with van der Waals surface area (Å²) in [4.78, 5) is 31.0. The van der Waals surface area contributed by atoms with Gasteiger partial charge in [-0.3, -0.25) is 9.63 Å². The summed E-state index contributed by atoms with van der Waals surface area (Å²) in [6.07, 6.45) is 1.88. The lowest BCUT2D eigenvalue weighted by Gasteiger charge is -2.27. The first-order chi connectivity index (χ1) is 10.1. The van der Waals surface area contributed by atoms with Crippen molar-refractivity contribution in [2.24, 2.45) is 5.73 Å². The highest BCUT2D eigenvalue weighted by Gasteiger charge is 2.46. The van der Waals surface area contributed by atoms with Crippen LogP contribution in [0.1, 0.15) is 12.5 Å². The number of primary amides is 1. The Morgan fingerprint density at radius 1 is 1.38 bits per heavy atom. The molecule has 0 aromatic heterocycles. The largest absolute Gasteiger partial charge is 0.368 e. The van der Waals surface area contributed by atoms with Crippen molar-refractivity contribution in [1.82, 2.24) is 9.96 Å². The second kappa shape index (κ2) is 5.21. The summed E-state index contributed by atoms with van der Waals surface area (Å²) in [5.41, 5.74) is 7.15. The molecule has 2 N–H and O–H groups in total. The number of nitrogens with zero attached hydrogens (tertiary/aromatic N) is 2. The Morgan fingerprint density at radius 2 is 2.10 bits per heavy atom. The lowest BCUT2D eigenvalue weighted by Crippen LogP contribution is -2.48. The van der Waals surface area contributed by atoms with Crippen LogP contribution in [0.25, 0.3) is 0 Å². The van der Waals surface area contributed by atoms with Gasteiger partial charge >= 0.3 is 6.03 Å². The molecular formula is C15H17N3O3. The molecule has 2 heterocycles. The summed E-state index contributed by atoms with van der Waals surface area (Å²) < 4.78 is 0. The van der Waals surface area contributed by atoms with Crippen LogP contribution >= 0.6 is 0 Å². The van der Waals surface area contributed by atoms with Crippen LogP contribution in [0.4, 0.5) is 4.79 Å². The van der Waals surface area contributed by atoms with Gasteiger partial charge in [0.25, 0.3) is 0 Å². The molecule has 0 spiro atoms. The standard InChI is InChI=1S/C15H17N3O3/c1-10-7-12-8-17(13(10)14(16)19)15(20)18(12)21-9-11-5-3-2-4-6-11/h2-7,12-13H,8-9H2,1H3,(H2,16,19)/t12-,13+/m1/s1. The van der Waals surface area contributed by atoms with Crippen LogP contribution in [0, 0.1) is 0 Å². The van der Waals surface area contributed by atoms with Crippen molar-refractivity contribution in [3.8, 4) is 0 Å². The SMILES string of the molecule is CC1=C[C@@H]2CN(C(=O)N2OCc2ccccc2)[C@@H]1C(N)=O. The molecule has 2 aliphatic heterocycles. The minimum atomic E-state index is -0.668. The topological polar surface area (TPSA) is 75.9 Å². The Hall–Kier alpha value is -2.34. The summed E-state index contributed by atoms with van der Waals surface area (Å²) in [7, 11) is 0. The molecule has 110 valence electrons. The van der Waals surface area contributed by atoms with Gasteiger partial charge in [0.15, 0.2) is 0 Å². The third kappa shape index (κ3) is 2.38. The summed E-state index contributed by atoms with van der Waals surface area (Å²) >= 11 is 0. The minimum absolute atomic E-state index is 0.170. The van der Waals surface area contributed by atoms with E-state index in [1.807, 2.05) is 43.3 Å². The van der Waals surface area contributed by atoms with Gasteiger partial charge in [0.2, 0.25) is 5.91 Å². The first-order valence-corrected chi connectivity index (χ1v) is 6.82. The maximum Gasteiger partial charge on any atom is 0.345 e. The molecule has 0 aliphatic carbocycles. The van der Waals surface area contributed by atoms with E-state index in [2.05, 4.69) is 0 Å². The first kappa shape index (κ1) is 13.6. The van der Waals surface area contributed by atoms with Crippen molar-refractivity contribution >= 4 is 11.9 Å². The number of carbonyl (C=O) groups is 2. The number of hydrogen-bond donors (Lipinski definition) is 1. The lowest BCUT2D eigenvalue weighted by molar-refractivity contribution is -0.131. The van der Waals surface area contributed by atoms with Crippen LogP contribution < -0.4 is 5.73 Å². The Bertz CT molecular complexity index is 599. The predicted octanol–water partition coefficient (Wildman–Crippen LogP) is 1.04. The molecule has 3 rings (SSSR count). The van der Waals surface area contributed by atoms with E-state index in [0.29, 0.717) is 13.2 Å². The average Bonchev–Trinajstić information content (AvgIpc) is 2.70. The molecule has 0 saturated carbocycles. The molecular weight excluding hydrogens is 270 g/mol. The number of urea groups is 1. The third-order valence-electron chi connectivity index (χ3n) is 3.80. The normalized spacial score (nSPS) is 24.2. The van der Waals surface area contributed by atoms with E-state index in [1.54, 1.807) is 0 Å². The molecule has 1 fully saturated rings. The van der Waals surface area contributed by atoms with Crippen molar-refractivity contribution in [2.75, 3.05) is 6.54 Å². The van der Waals surface area contributed by atoms with Crippen LogP contribution in [-0.2, 0) is 16.2 Å². The Balaban J connectivity index is 1.74. The number of hydroxylamine groups is 2. The summed E-state index contributed by atoms with van der Waals surface area (Å²) in [6, 6.07) is 8.47. The van der Waals surface area contributed by atoms with Crippen LogP contribution in [0.2, 0.25) is 0 Å². The van der Waals surface area contributed by atoms with Gasteiger partial charge in [0.1, 0.15) is 12.6 Å². The Morgan fingerprint density at radius 3 is 2.76 bits per heavy atom. The van der Waals surface area contributed by atoms with Crippen LogP contribution in [0.5, 0.6) is 0 Å². The van der Waals surface area contributed by atoms with Gasteiger partial charge in [-0.05, 0) is 18.1 Å². The second-order valence-electron chi connectivity index (χ2n) is 5.30. The molecule has 3 amide bonds. The zero-order chi connectivity index (χ0) is 15.0. The number of benzene rings is 1. The molecule has 0 unspecified atom stereocenters. The van der Waals surface area contributed by atoms with E-state index in [4.69, 9.17) is 10.6 Å². The van der Waals surface area contributed by atoms with Crippen LogP contribution in [-0.4, -0.2) is 40.5 Å². The average molecular weight is 287 g/mol. The summed E-state index contributed by atoms with van der Waals surface area (Å²) in [6.45, 7) is 2.55. The number of rotatable bonds is 4. The Kier molecular flexibility index (Phi) is 3.39. The molecule has 2 aliphatic rings. The smallest absolute Gasteiger partial charge is 0.345 e. The van der Waals surface area contributed by atoms with Gasteiger partial charge in [-0.1, -0.05) is 36.4 Å². The molecule has 21 heavy (non-hydrogen) atoms. The number of carbonyl (C=O) groups excluding carboxylic acids is 2. The predicted molar refractivity (Wildman–Crippen MR) is 75.7 cm³/mol. The van der Waals surface area contributed by atoms with Gasteiger partial charge in [-0.15, -0.1) is 0 Å². The highest BCUT2D eigenvalue weighted by molar-refractivity contribution is 5.90. The molecule has 6 heteroatoms. The van der Waals surface area contributed by atoms with Crippen molar-refractivity contribution in [2.45, 2.75) is 25.6 Å². The molecule has 6 nitrogen and oxygen atoms in total. The lowest BCUT2D eigenvalue weighted by atomic mass is 10.0. The molecule has 2 atom stereocenters. The van der Waals surface area contributed by atoms with Crippen molar-refractivity contribution < 1.29 is 14.4 Å². The van der Waals surface area contributed by atoms with Gasteiger partial charge < -0.3 is 10.6 Å².